The van der Waals surface area contributed by atoms with Crippen LogP contribution in [-0.2, 0) is 0 Å². The van der Waals surface area contributed by atoms with Crippen molar-refractivity contribution in [2.45, 2.75) is 25.8 Å². The van der Waals surface area contributed by atoms with Gasteiger partial charge in [0.1, 0.15) is 5.82 Å². The number of nitrogen functional groups attached to an aromatic ring is 1. The van der Waals surface area contributed by atoms with Gasteiger partial charge in [-0.1, -0.05) is 6.92 Å². The van der Waals surface area contributed by atoms with Crippen LogP contribution in [0, 0.1) is 0 Å². The standard InChI is InChI=1S/C14H22N4O/c1-3-18-8-6-12(7-9-18)17(2)14(19)11-4-5-13(15)16-10-11/h4-5,10,12H,3,6-9H2,1-2H3,(H2,15,16). The van der Waals surface area contributed by atoms with Crippen molar-refractivity contribution in [1.29, 1.82) is 0 Å². The molecule has 0 radical (unpaired) electrons. The van der Waals surface area contributed by atoms with Crippen LogP contribution >= 0.6 is 0 Å². The number of hydrogen-bond acceptors (Lipinski definition) is 4. The SMILES string of the molecule is CCN1CCC(N(C)C(=O)c2ccc(N)nc2)CC1. The van der Waals surface area contributed by atoms with Crippen molar-refractivity contribution in [2.24, 2.45) is 0 Å². The molecule has 2 heterocycles. The Morgan fingerprint density at radius 1 is 1.47 bits per heavy atom. The van der Waals surface area contributed by atoms with Crippen LogP contribution in [0.25, 0.3) is 0 Å². The molecule has 0 aliphatic carbocycles. The highest BCUT2D eigenvalue weighted by Gasteiger charge is 2.25. The highest BCUT2D eigenvalue weighted by Crippen LogP contribution is 2.17. The van der Waals surface area contributed by atoms with E-state index in [4.69, 9.17) is 5.73 Å². The summed E-state index contributed by atoms with van der Waals surface area (Å²) >= 11 is 0. The van der Waals surface area contributed by atoms with Gasteiger partial charge in [0.25, 0.3) is 5.91 Å². The third-order valence-electron chi connectivity index (χ3n) is 3.91. The topological polar surface area (TPSA) is 62.5 Å². The number of likely N-dealkylation sites (tertiary alicyclic amines) is 1. The molecule has 1 fully saturated rings. The molecule has 2 rings (SSSR count). The molecule has 2 N–H and O–H groups in total. The maximum absolute atomic E-state index is 12.3. The number of nitrogens with two attached hydrogens (primary N) is 1. The Balaban J connectivity index is 1.98. The summed E-state index contributed by atoms with van der Waals surface area (Å²) in [5.74, 6) is 0.470. The normalized spacial score (nSPS) is 17.4. The number of carbonyl (C=O) groups excluding carboxylic acids is 1. The predicted octanol–water partition coefficient (Wildman–Crippen LogP) is 1.22. The van der Waals surface area contributed by atoms with Crippen molar-refractivity contribution >= 4 is 11.7 Å². The lowest BCUT2D eigenvalue weighted by Crippen LogP contribution is -2.45. The van der Waals surface area contributed by atoms with Crippen LogP contribution in [0.1, 0.15) is 30.1 Å². The summed E-state index contributed by atoms with van der Waals surface area (Å²) in [5.41, 5.74) is 6.14. The zero-order valence-electron chi connectivity index (χ0n) is 11.7. The Labute approximate surface area is 114 Å². The first-order valence-corrected chi connectivity index (χ1v) is 6.83. The number of carbonyl (C=O) groups is 1. The average molecular weight is 262 g/mol. The van der Waals surface area contributed by atoms with Gasteiger partial charge >= 0.3 is 0 Å². The molecule has 1 aliphatic rings. The molecule has 0 bridgehead atoms. The van der Waals surface area contributed by atoms with Crippen LogP contribution in [0.5, 0.6) is 0 Å². The van der Waals surface area contributed by atoms with Gasteiger partial charge in [0, 0.05) is 32.4 Å². The number of aromatic nitrogens is 1. The minimum atomic E-state index is 0.0300. The van der Waals surface area contributed by atoms with Crippen molar-refractivity contribution in [3.8, 4) is 0 Å². The fourth-order valence-electron chi connectivity index (χ4n) is 2.52. The Bertz CT molecular complexity index is 424. The van der Waals surface area contributed by atoms with Crippen LogP contribution in [-0.4, -0.2) is 53.4 Å². The van der Waals surface area contributed by atoms with Crippen LogP contribution in [0.15, 0.2) is 18.3 Å². The molecule has 0 saturated carbocycles. The van der Waals surface area contributed by atoms with Crippen LogP contribution in [0.4, 0.5) is 5.82 Å². The second kappa shape index (κ2) is 6.02. The molecular formula is C14H22N4O. The molecule has 0 aromatic carbocycles. The molecule has 1 aromatic heterocycles. The van der Waals surface area contributed by atoms with E-state index >= 15 is 0 Å². The van der Waals surface area contributed by atoms with Gasteiger partial charge in [0.2, 0.25) is 0 Å². The van der Waals surface area contributed by atoms with E-state index in [1.807, 2.05) is 11.9 Å². The van der Waals surface area contributed by atoms with E-state index in [1.165, 1.54) is 0 Å². The maximum Gasteiger partial charge on any atom is 0.255 e. The second-order valence-electron chi connectivity index (χ2n) is 5.05. The lowest BCUT2D eigenvalue weighted by Gasteiger charge is -2.36. The van der Waals surface area contributed by atoms with E-state index in [-0.39, 0.29) is 5.91 Å². The monoisotopic (exact) mass is 262 g/mol. The van der Waals surface area contributed by atoms with E-state index in [1.54, 1.807) is 18.3 Å². The highest BCUT2D eigenvalue weighted by molar-refractivity contribution is 5.94. The fraction of sp³-hybridized carbons (Fsp3) is 0.571. The first kappa shape index (κ1) is 13.8. The third-order valence-corrected chi connectivity index (χ3v) is 3.91. The largest absolute Gasteiger partial charge is 0.384 e. The summed E-state index contributed by atoms with van der Waals surface area (Å²) in [7, 11) is 1.88. The average Bonchev–Trinajstić information content (AvgIpc) is 2.46. The van der Waals surface area contributed by atoms with Gasteiger partial charge in [-0.05, 0) is 31.5 Å². The first-order valence-electron chi connectivity index (χ1n) is 6.83. The van der Waals surface area contributed by atoms with Gasteiger partial charge in [0.05, 0.1) is 5.56 Å². The number of nitrogens with zero attached hydrogens (tertiary/aromatic N) is 3. The number of pyridine rings is 1. The zero-order chi connectivity index (χ0) is 13.8. The number of piperidine rings is 1. The smallest absolute Gasteiger partial charge is 0.255 e. The van der Waals surface area contributed by atoms with Crippen molar-refractivity contribution in [1.82, 2.24) is 14.8 Å². The van der Waals surface area contributed by atoms with Crippen molar-refractivity contribution in [3.05, 3.63) is 23.9 Å². The Kier molecular flexibility index (Phi) is 4.37. The predicted molar refractivity (Wildman–Crippen MR) is 75.9 cm³/mol. The Hall–Kier alpha value is -1.62. The summed E-state index contributed by atoms with van der Waals surface area (Å²) in [6, 6.07) is 3.73. The van der Waals surface area contributed by atoms with Gasteiger partial charge in [-0.25, -0.2) is 4.98 Å². The summed E-state index contributed by atoms with van der Waals surface area (Å²) in [4.78, 5) is 20.6. The molecular weight excluding hydrogens is 240 g/mol. The summed E-state index contributed by atoms with van der Waals surface area (Å²) < 4.78 is 0. The molecule has 1 aromatic rings. The van der Waals surface area contributed by atoms with E-state index in [2.05, 4.69) is 16.8 Å². The van der Waals surface area contributed by atoms with Gasteiger partial charge in [-0.2, -0.15) is 0 Å². The number of amides is 1. The van der Waals surface area contributed by atoms with Crippen LogP contribution < -0.4 is 5.73 Å². The molecule has 0 spiro atoms. The first-order chi connectivity index (χ1) is 9.11. The van der Waals surface area contributed by atoms with E-state index in [9.17, 15) is 4.79 Å². The van der Waals surface area contributed by atoms with Crippen molar-refractivity contribution in [3.63, 3.8) is 0 Å². The molecule has 0 unspecified atom stereocenters. The minimum Gasteiger partial charge on any atom is -0.384 e. The number of hydrogen-bond donors (Lipinski definition) is 1. The van der Waals surface area contributed by atoms with E-state index in [0.29, 0.717) is 17.4 Å². The van der Waals surface area contributed by atoms with Gasteiger partial charge in [-0.15, -0.1) is 0 Å². The van der Waals surface area contributed by atoms with Crippen LogP contribution in [0.3, 0.4) is 0 Å². The number of anilines is 1. The lowest BCUT2D eigenvalue weighted by atomic mass is 10.0. The molecule has 104 valence electrons. The fourth-order valence-corrected chi connectivity index (χ4v) is 2.52. The Morgan fingerprint density at radius 3 is 2.68 bits per heavy atom. The molecule has 5 nitrogen and oxygen atoms in total. The lowest BCUT2D eigenvalue weighted by molar-refractivity contribution is 0.0646. The minimum absolute atomic E-state index is 0.0300. The zero-order valence-corrected chi connectivity index (χ0v) is 11.7. The highest BCUT2D eigenvalue weighted by atomic mass is 16.2. The summed E-state index contributed by atoms with van der Waals surface area (Å²) in [6.45, 7) is 5.40. The second-order valence-corrected chi connectivity index (χ2v) is 5.05. The molecule has 19 heavy (non-hydrogen) atoms. The van der Waals surface area contributed by atoms with Gasteiger partial charge in [0.15, 0.2) is 0 Å². The maximum atomic E-state index is 12.3. The molecule has 1 saturated heterocycles. The van der Waals surface area contributed by atoms with Crippen LogP contribution in [0.2, 0.25) is 0 Å². The number of rotatable bonds is 3. The van der Waals surface area contributed by atoms with Crippen molar-refractivity contribution in [2.75, 3.05) is 32.4 Å². The van der Waals surface area contributed by atoms with E-state index < -0.39 is 0 Å². The third kappa shape index (κ3) is 3.23. The van der Waals surface area contributed by atoms with Crippen molar-refractivity contribution < 1.29 is 4.79 Å². The van der Waals surface area contributed by atoms with E-state index in [0.717, 1.165) is 32.5 Å². The van der Waals surface area contributed by atoms with Gasteiger partial charge < -0.3 is 15.5 Å². The summed E-state index contributed by atoms with van der Waals surface area (Å²) in [6.07, 6.45) is 3.63. The van der Waals surface area contributed by atoms with Gasteiger partial charge in [-0.3, -0.25) is 4.79 Å². The Morgan fingerprint density at radius 2 is 2.16 bits per heavy atom. The molecule has 5 heteroatoms. The molecule has 0 atom stereocenters. The summed E-state index contributed by atoms with van der Waals surface area (Å²) in [5, 5.41) is 0. The quantitative estimate of drug-likeness (QED) is 0.889. The molecule has 1 aliphatic heterocycles. The molecule has 1 amide bonds.